The van der Waals surface area contributed by atoms with E-state index in [1.807, 2.05) is 12.1 Å². The number of H-pyrrole nitrogens is 1. The van der Waals surface area contributed by atoms with Gasteiger partial charge in [0.05, 0.1) is 19.6 Å². The first-order valence-electron chi connectivity index (χ1n) is 9.56. The predicted molar refractivity (Wildman–Crippen MR) is 104 cm³/mol. The summed E-state index contributed by atoms with van der Waals surface area (Å²) in [6.45, 7) is 3.60. The van der Waals surface area contributed by atoms with Crippen LogP contribution in [0.2, 0.25) is 0 Å². The molecule has 6 heteroatoms. The van der Waals surface area contributed by atoms with Crippen molar-refractivity contribution in [1.82, 2.24) is 9.88 Å². The molecule has 1 fully saturated rings. The Morgan fingerprint density at radius 2 is 2.00 bits per heavy atom. The van der Waals surface area contributed by atoms with E-state index in [0.29, 0.717) is 6.54 Å². The van der Waals surface area contributed by atoms with Crippen LogP contribution in [0, 0.1) is 11.8 Å². The molecule has 148 valence electrons. The van der Waals surface area contributed by atoms with E-state index in [1.165, 1.54) is 18.1 Å². The second-order valence-corrected chi connectivity index (χ2v) is 7.19. The number of carbonyl (C=O) groups is 1. The molecule has 2 aromatic rings. The number of nitrogens with one attached hydrogen (secondary N) is 1. The molecule has 1 N–H and O–H groups in total. The maximum atomic E-state index is 12.5. The molecule has 1 aliphatic heterocycles. The average molecular weight is 374 g/mol. The lowest BCUT2D eigenvalue weighted by Crippen LogP contribution is -2.48. The van der Waals surface area contributed by atoms with Crippen LogP contribution in [0.5, 0.6) is 0 Å². The highest BCUT2D eigenvalue weighted by atomic mass is 16.7. The zero-order chi connectivity index (χ0) is 19.4. The smallest absolute Gasteiger partial charge is 0.309 e. The van der Waals surface area contributed by atoms with Gasteiger partial charge in [0, 0.05) is 43.9 Å². The van der Waals surface area contributed by atoms with Crippen LogP contribution in [-0.2, 0) is 19.0 Å². The van der Waals surface area contributed by atoms with Crippen LogP contribution in [-0.4, -0.2) is 56.6 Å². The first kappa shape index (κ1) is 19.9. The van der Waals surface area contributed by atoms with Crippen LogP contribution < -0.4 is 0 Å². The number of esters is 1. The molecule has 1 aromatic heterocycles. The first-order chi connectivity index (χ1) is 13.1. The van der Waals surface area contributed by atoms with Crippen molar-refractivity contribution < 1.29 is 19.0 Å². The van der Waals surface area contributed by atoms with Gasteiger partial charge in [-0.25, -0.2) is 0 Å². The molecule has 0 saturated carbocycles. The summed E-state index contributed by atoms with van der Waals surface area (Å²) in [5.41, 5.74) is 2.31. The Balaban J connectivity index is 1.97. The summed E-state index contributed by atoms with van der Waals surface area (Å²) in [4.78, 5) is 18.2. The Morgan fingerprint density at radius 1 is 1.26 bits per heavy atom. The Hall–Kier alpha value is -1.89. The maximum Gasteiger partial charge on any atom is 0.309 e. The number of aromatic amines is 1. The van der Waals surface area contributed by atoms with Gasteiger partial charge in [0.25, 0.3) is 0 Å². The summed E-state index contributed by atoms with van der Waals surface area (Å²) >= 11 is 0. The Morgan fingerprint density at radius 3 is 2.67 bits per heavy atom. The predicted octanol–water partition coefficient (Wildman–Crippen LogP) is 3.35. The number of para-hydroxylation sites is 1. The van der Waals surface area contributed by atoms with Gasteiger partial charge in [-0.15, -0.1) is 0 Å². The van der Waals surface area contributed by atoms with Crippen LogP contribution >= 0.6 is 0 Å². The number of nitrogens with zero attached hydrogens (tertiary/aromatic N) is 1. The quantitative estimate of drug-likeness (QED) is 0.595. The third-order valence-electron chi connectivity index (χ3n) is 5.87. The van der Waals surface area contributed by atoms with E-state index in [-0.39, 0.29) is 30.1 Å². The molecule has 0 unspecified atom stereocenters. The van der Waals surface area contributed by atoms with Crippen molar-refractivity contribution in [2.24, 2.45) is 11.8 Å². The minimum Gasteiger partial charge on any atom is -0.469 e. The van der Waals surface area contributed by atoms with Crippen LogP contribution in [0.25, 0.3) is 10.9 Å². The van der Waals surface area contributed by atoms with Crippen LogP contribution in [0.3, 0.4) is 0 Å². The molecule has 27 heavy (non-hydrogen) atoms. The number of ether oxygens (including phenoxy) is 3. The SMILES string of the molecule is CC[C@@H]1CN(CC(OC)OC)[C@@H](c2c[nH]c3ccccc23)C[C@@H]1C(=O)OC. The normalized spacial score (nSPS) is 23.8. The number of methoxy groups -OCH3 is 3. The van der Waals surface area contributed by atoms with Gasteiger partial charge < -0.3 is 19.2 Å². The van der Waals surface area contributed by atoms with E-state index in [0.717, 1.165) is 24.9 Å². The lowest BCUT2D eigenvalue weighted by atomic mass is 9.78. The molecule has 0 radical (unpaired) electrons. The fourth-order valence-corrected chi connectivity index (χ4v) is 4.32. The van der Waals surface area contributed by atoms with Gasteiger partial charge in [0.1, 0.15) is 0 Å². The highest BCUT2D eigenvalue weighted by molar-refractivity contribution is 5.83. The summed E-state index contributed by atoms with van der Waals surface area (Å²) in [5, 5.41) is 1.19. The minimum absolute atomic E-state index is 0.0980. The van der Waals surface area contributed by atoms with Crippen molar-refractivity contribution in [3.63, 3.8) is 0 Å². The molecule has 2 heterocycles. The van der Waals surface area contributed by atoms with E-state index in [2.05, 4.69) is 35.1 Å². The molecule has 6 nitrogen and oxygen atoms in total. The molecule has 0 bridgehead atoms. The fourth-order valence-electron chi connectivity index (χ4n) is 4.32. The van der Waals surface area contributed by atoms with Crippen LogP contribution in [0.1, 0.15) is 31.4 Å². The zero-order valence-corrected chi connectivity index (χ0v) is 16.6. The molecule has 1 aliphatic rings. The number of fused-ring (bicyclic) bond motifs is 1. The third-order valence-corrected chi connectivity index (χ3v) is 5.87. The van der Waals surface area contributed by atoms with Crippen LogP contribution in [0.4, 0.5) is 0 Å². The Bertz CT molecular complexity index is 755. The molecule has 0 aliphatic carbocycles. The van der Waals surface area contributed by atoms with E-state index >= 15 is 0 Å². The average Bonchev–Trinajstić information content (AvgIpc) is 3.14. The Kier molecular flexibility index (Phi) is 6.52. The first-order valence-corrected chi connectivity index (χ1v) is 9.56. The third kappa shape index (κ3) is 4.03. The van der Waals surface area contributed by atoms with E-state index < -0.39 is 0 Å². The second kappa shape index (κ2) is 8.87. The standard InChI is InChI=1S/C21H30N2O4/c1-5-14-12-23(13-20(25-2)26-3)19(10-16(14)21(24)27-4)17-11-22-18-9-7-6-8-15(17)18/h6-9,11,14,16,19-20,22H,5,10,12-13H2,1-4H3/t14-,16+,19-/m1/s1. The van der Waals surface area contributed by atoms with Crippen molar-refractivity contribution in [1.29, 1.82) is 0 Å². The number of carbonyl (C=O) groups excluding carboxylic acids is 1. The molecule has 1 aromatic carbocycles. The lowest BCUT2D eigenvalue weighted by molar-refractivity contribution is -0.154. The van der Waals surface area contributed by atoms with Crippen molar-refractivity contribution in [2.75, 3.05) is 34.4 Å². The van der Waals surface area contributed by atoms with E-state index in [4.69, 9.17) is 14.2 Å². The number of benzene rings is 1. The van der Waals surface area contributed by atoms with Crippen LogP contribution in [0.15, 0.2) is 30.5 Å². The fraction of sp³-hybridized carbons (Fsp3) is 0.571. The van der Waals surface area contributed by atoms with E-state index in [9.17, 15) is 4.79 Å². The molecule has 1 saturated heterocycles. The zero-order valence-electron chi connectivity index (χ0n) is 16.6. The summed E-state index contributed by atoms with van der Waals surface area (Å²) < 4.78 is 16.0. The van der Waals surface area contributed by atoms with E-state index in [1.54, 1.807) is 14.2 Å². The number of hydrogen-bond acceptors (Lipinski definition) is 5. The largest absolute Gasteiger partial charge is 0.469 e. The maximum absolute atomic E-state index is 12.5. The summed E-state index contributed by atoms with van der Waals surface area (Å²) in [7, 11) is 4.80. The highest BCUT2D eigenvalue weighted by Gasteiger charge is 2.41. The topological polar surface area (TPSA) is 63.8 Å². The van der Waals surface area contributed by atoms with Gasteiger partial charge >= 0.3 is 5.97 Å². The van der Waals surface area contributed by atoms with Gasteiger partial charge in [0.15, 0.2) is 6.29 Å². The number of piperidine rings is 1. The van der Waals surface area contributed by atoms with Gasteiger partial charge in [-0.3, -0.25) is 9.69 Å². The van der Waals surface area contributed by atoms with Gasteiger partial charge in [-0.05, 0) is 24.0 Å². The minimum atomic E-state index is -0.301. The van der Waals surface area contributed by atoms with Crippen molar-refractivity contribution >= 4 is 16.9 Å². The molecule has 0 spiro atoms. The summed E-state index contributed by atoms with van der Waals surface area (Å²) in [6, 6.07) is 8.37. The molecular formula is C21H30N2O4. The number of hydrogen-bond donors (Lipinski definition) is 1. The number of aromatic nitrogens is 1. The van der Waals surface area contributed by atoms with Crippen molar-refractivity contribution in [2.45, 2.75) is 32.1 Å². The summed E-state index contributed by atoms with van der Waals surface area (Å²) in [6.07, 6.45) is 3.43. The van der Waals surface area contributed by atoms with Gasteiger partial charge in [0.2, 0.25) is 0 Å². The Labute approximate surface area is 160 Å². The second-order valence-electron chi connectivity index (χ2n) is 7.19. The number of rotatable bonds is 7. The van der Waals surface area contributed by atoms with Gasteiger partial charge in [-0.2, -0.15) is 0 Å². The van der Waals surface area contributed by atoms with Gasteiger partial charge in [-0.1, -0.05) is 31.5 Å². The number of likely N-dealkylation sites (tertiary alicyclic amines) is 1. The summed E-state index contributed by atoms with van der Waals surface area (Å²) in [5.74, 6) is 0.0492. The molecule has 3 rings (SSSR count). The lowest BCUT2D eigenvalue weighted by Gasteiger charge is -2.43. The molecular weight excluding hydrogens is 344 g/mol. The van der Waals surface area contributed by atoms with Crippen molar-refractivity contribution in [3.8, 4) is 0 Å². The highest BCUT2D eigenvalue weighted by Crippen LogP contribution is 2.41. The molecule has 0 amide bonds. The van der Waals surface area contributed by atoms with Crippen molar-refractivity contribution in [3.05, 3.63) is 36.0 Å². The monoisotopic (exact) mass is 374 g/mol. The molecule has 3 atom stereocenters.